The maximum Gasteiger partial charge on any atom is 0.208 e. The third kappa shape index (κ3) is 4.59. The highest BCUT2D eigenvalue weighted by Crippen LogP contribution is 2.37. The van der Waals surface area contributed by atoms with Gasteiger partial charge in [-0.2, -0.15) is 4.39 Å². The SMILES string of the molecule is CN1CCN(c2ccc(Nc3ncnc(N4CCCC4c4ccc(F)cc4)c3F)nc2)CC1. The van der Waals surface area contributed by atoms with Crippen molar-refractivity contribution in [2.24, 2.45) is 0 Å². The van der Waals surface area contributed by atoms with Gasteiger partial charge in [0, 0.05) is 32.7 Å². The van der Waals surface area contributed by atoms with Crippen LogP contribution in [0, 0.1) is 11.6 Å². The first kappa shape index (κ1) is 21.5. The van der Waals surface area contributed by atoms with Gasteiger partial charge in [0.05, 0.1) is 17.9 Å². The minimum atomic E-state index is -0.517. The summed E-state index contributed by atoms with van der Waals surface area (Å²) in [4.78, 5) is 19.3. The molecule has 2 saturated heterocycles. The number of halogens is 2. The lowest BCUT2D eigenvalue weighted by Crippen LogP contribution is -2.44. The molecular weight excluding hydrogens is 424 g/mol. The Bertz CT molecular complexity index is 1080. The van der Waals surface area contributed by atoms with Crippen LogP contribution in [0.15, 0.2) is 48.9 Å². The number of aromatic nitrogens is 3. The monoisotopic (exact) mass is 451 g/mol. The maximum absolute atomic E-state index is 15.4. The van der Waals surface area contributed by atoms with Crippen molar-refractivity contribution >= 4 is 23.1 Å². The summed E-state index contributed by atoms with van der Waals surface area (Å²) in [5.74, 6) is 0.0523. The van der Waals surface area contributed by atoms with Crippen LogP contribution in [0.2, 0.25) is 0 Å². The predicted molar refractivity (Wildman–Crippen MR) is 125 cm³/mol. The standard InChI is InChI=1S/C24H27F2N7/c1-31-11-13-32(14-12-31)19-8-9-21(27-15-19)30-23-22(26)24(29-16-28-23)33-10-2-3-20(33)17-4-6-18(25)7-5-17/h4-9,15-16,20H,2-3,10-14H2,1H3,(H,27,28,29,30). The molecule has 0 radical (unpaired) electrons. The van der Waals surface area contributed by atoms with Crippen molar-refractivity contribution in [1.82, 2.24) is 19.9 Å². The molecule has 1 atom stereocenters. The third-order valence-electron chi connectivity index (χ3n) is 6.41. The molecule has 0 aliphatic carbocycles. The van der Waals surface area contributed by atoms with Crippen molar-refractivity contribution in [3.05, 3.63) is 66.1 Å². The Hall–Kier alpha value is -3.33. The van der Waals surface area contributed by atoms with Crippen LogP contribution < -0.4 is 15.1 Å². The number of likely N-dealkylation sites (N-methyl/N-ethyl adjacent to an activating group) is 1. The molecule has 2 aliphatic rings. The van der Waals surface area contributed by atoms with Crippen LogP contribution in [0.25, 0.3) is 0 Å². The molecule has 2 aliphatic heterocycles. The minimum absolute atomic E-state index is 0.0520. The molecule has 9 heteroatoms. The summed E-state index contributed by atoms with van der Waals surface area (Å²) >= 11 is 0. The number of anilines is 4. The second-order valence-electron chi connectivity index (χ2n) is 8.58. The Morgan fingerprint density at radius 1 is 0.909 bits per heavy atom. The van der Waals surface area contributed by atoms with Crippen LogP contribution in [-0.2, 0) is 0 Å². The normalized spacial score (nSPS) is 19.2. The number of hydrogen-bond donors (Lipinski definition) is 1. The van der Waals surface area contributed by atoms with Gasteiger partial charge in [0.1, 0.15) is 18.0 Å². The Kier molecular flexibility index (Phi) is 6.04. The second kappa shape index (κ2) is 9.27. The summed E-state index contributed by atoms with van der Waals surface area (Å²) in [5.41, 5.74) is 2.00. The first-order valence-electron chi connectivity index (χ1n) is 11.3. The molecule has 172 valence electrons. The summed E-state index contributed by atoms with van der Waals surface area (Å²) in [6.07, 6.45) is 4.93. The van der Waals surface area contributed by atoms with E-state index in [0.717, 1.165) is 50.3 Å². The molecule has 5 rings (SSSR count). The number of nitrogens with one attached hydrogen (secondary N) is 1. The van der Waals surface area contributed by atoms with E-state index in [1.54, 1.807) is 18.3 Å². The molecule has 0 amide bonds. The van der Waals surface area contributed by atoms with Gasteiger partial charge in [0.25, 0.3) is 0 Å². The molecule has 3 aromatic rings. The molecule has 0 saturated carbocycles. The first-order valence-corrected chi connectivity index (χ1v) is 11.3. The van der Waals surface area contributed by atoms with Crippen LogP contribution in [0.1, 0.15) is 24.4 Å². The van der Waals surface area contributed by atoms with E-state index >= 15 is 4.39 Å². The summed E-state index contributed by atoms with van der Waals surface area (Å²) in [7, 11) is 2.12. The number of hydrogen-bond acceptors (Lipinski definition) is 7. The van der Waals surface area contributed by atoms with Crippen LogP contribution in [0.4, 0.5) is 31.9 Å². The van der Waals surface area contributed by atoms with Gasteiger partial charge in [0.15, 0.2) is 11.6 Å². The Balaban J connectivity index is 1.33. The Labute approximate surface area is 192 Å². The van der Waals surface area contributed by atoms with Crippen LogP contribution in [0.3, 0.4) is 0 Å². The van der Waals surface area contributed by atoms with Gasteiger partial charge in [-0.1, -0.05) is 12.1 Å². The molecule has 1 aromatic carbocycles. The van der Waals surface area contributed by atoms with E-state index in [4.69, 9.17) is 0 Å². The molecule has 1 unspecified atom stereocenters. The zero-order valence-electron chi connectivity index (χ0n) is 18.6. The maximum atomic E-state index is 15.4. The number of pyridine rings is 1. The van der Waals surface area contributed by atoms with E-state index in [1.165, 1.54) is 18.5 Å². The highest BCUT2D eigenvalue weighted by Gasteiger charge is 2.30. The van der Waals surface area contributed by atoms with Crippen molar-refractivity contribution < 1.29 is 8.78 Å². The van der Waals surface area contributed by atoms with E-state index in [0.29, 0.717) is 12.4 Å². The van der Waals surface area contributed by atoms with E-state index in [9.17, 15) is 4.39 Å². The molecule has 2 fully saturated rings. The van der Waals surface area contributed by atoms with Gasteiger partial charge in [0.2, 0.25) is 5.82 Å². The summed E-state index contributed by atoms with van der Waals surface area (Å²) < 4.78 is 28.8. The zero-order chi connectivity index (χ0) is 22.8. The number of nitrogens with zero attached hydrogens (tertiary/aromatic N) is 6. The summed E-state index contributed by atoms with van der Waals surface area (Å²) in [6.45, 7) is 4.63. The van der Waals surface area contributed by atoms with E-state index in [2.05, 4.69) is 37.1 Å². The van der Waals surface area contributed by atoms with E-state index in [-0.39, 0.29) is 23.5 Å². The third-order valence-corrected chi connectivity index (χ3v) is 6.41. The Morgan fingerprint density at radius 3 is 2.42 bits per heavy atom. The lowest BCUT2D eigenvalue weighted by Gasteiger charge is -2.33. The van der Waals surface area contributed by atoms with Gasteiger partial charge < -0.3 is 20.0 Å². The van der Waals surface area contributed by atoms with Crippen LogP contribution in [-0.4, -0.2) is 59.6 Å². The minimum Gasteiger partial charge on any atom is -0.368 e. The Morgan fingerprint density at radius 2 is 1.70 bits per heavy atom. The fraction of sp³-hybridized carbons (Fsp3) is 0.375. The van der Waals surface area contributed by atoms with Crippen molar-refractivity contribution in [2.45, 2.75) is 18.9 Å². The fourth-order valence-electron chi connectivity index (χ4n) is 4.53. The van der Waals surface area contributed by atoms with Gasteiger partial charge in [-0.25, -0.2) is 19.3 Å². The molecule has 2 aromatic heterocycles. The largest absolute Gasteiger partial charge is 0.368 e. The van der Waals surface area contributed by atoms with Crippen molar-refractivity contribution in [1.29, 1.82) is 0 Å². The lowest BCUT2D eigenvalue weighted by atomic mass is 10.0. The van der Waals surface area contributed by atoms with Gasteiger partial charge in [-0.05, 0) is 49.7 Å². The molecule has 0 bridgehead atoms. The van der Waals surface area contributed by atoms with Gasteiger partial charge in [-0.3, -0.25) is 0 Å². The number of benzene rings is 1. The predicted octanol–water partition coefficient (Wildman–Crippen LogP) is 3.99. The van der Waals surface area contributed by atoms with E-state index in [1.807, 2.05) is 17.0 Å². The highest BCUT2D eigenvalue weighted by molar-refractivity contribution is 5.60. The van der Waals surface area contributed by atoms with Crippen molar-refractivity contribution in [3.8, 4) is 0 Å². The van der Waals surface area contributed by atoms with Crippen molar-refractivity contribution in [2.75, 3.05) is 54.9 Å². The first-order chi connectivity index (χ1) is 16.1. The summed E-state index contributed by atoms with van der Waals surface area (Å²) in [6, 6.07) is 10.2. The summed E-state index contributed by atoms with van der Waals surface area (Å²) in [5, 5.41) is 3.00. The quantitative estimate of drug-likeness (QED) is 0.630. The van der Waals surface area contributed by atoms with Crippen LogP contribution >= 0.6 is 0 Å². The van der Waals surface area contributed by atoms with Crippen molar-refractivity contribution in [3.63, 3.8) is 0 Å². The lowest BCUT2D eigenvalue weighted by molar-refractivity contribution is 0.313. The smallest absolute Gasteiger partial charge is 0.208 e. The van der Waals surface area contributed by atoms with E-state index < -0.39 is 5.82 Å². The number of rotatable bonds is 5. The zero-order valence-corrected chi connectivity index (χ0v) is 18.6. The fourth-order valence-corrected chi connectivity index (χ4v) is 4.53. The molecular formula is C24H27F2N7. The number of piperazine rings is 1. The highest BCUT2D eigenvalue weighted by atomic mass is 19.1. The van der Waals surface area contributed by atoms with Gasteiger partial charge >= 0.3 is 0 Å². The molecule has 0 spiro atoms. The molecule has 7 nitrogen and oxygen atoms in total. The average molecular weight is 452 g/mol. The molecule has 33 heavy (non-hydrogen) atoms. The average Bonchev–Trinajstić information content (AvgIpc) is 3.32. The van der Waals surface area contributed by atoms with Crippen LogP contribution in [0.5, 0.6) is 0 Å². The molecule has 4 heterocycles. The second-order valence-corrected chi connectivity index (χ2v) is 8.58. The topological polar surface area (TPSA) is 60.4 Å². The van der Waals surface area contributed by atoms with Gasteiger partial charge in [-0.15, -0.1) is 0 Å². The molecule has 1 N–H and O–H groups in total.